The molecule has 7 heteroatoms. The van der Waals surface area contributed by atoms with Crippen LogP contribution in [0.4, 0.5) is 8.78 Å². The molecule has 0 spiro atoms. The fraction of sp³-hybridized carbons (Fsp3) is 0.318. The van der Waals surface area contributed by atoms with Gasteiger partial charge in [-0.25, -0.2) is 18.8 Å². The van der Waals surface area contributed by atoms with Crippen molar-refractivity contribution in [2.75, 3.05) is 6.54 Å². The van der Waals surface area contributed by atoms with Crippen LogP contribution in [0.1, 0.15) is 36.3 Å². The summed E-state index contributed by atoms with van der Waals surface area (Å²) in [4.78, 5) is 8.92. The highest BCUT2D eigenvalue weighted by Crippen LogP contribution is 2.47. The predicted molar refractivity (Wildman–Crippen MR) is 112 cm³/mol. The van der Waals surface area contributed by atoms with Crippen molar-refractivity contribution in [2.45, 2.75) is 37.6 Å². The van der Waals surface area contributed by atoms with Crippen LogP contribution in [-0.4, -0.2) is 37.8 Å². The number of hydrazine groups is 1. The maximum absolute atomic E-state index is 14.5. The van der Waals surface area contributed by atoms with Gasteiger partial charge >= 0.3 is 0 Å². The van der Waals surface area contributed by atoms with Crippen LogP contribution >= 0.6 is 11.8 Å². The van der Waals surface area contributed by atoms with Crippen molar-refractivity contribution in [3.8, 4) is 0 Å². The Morgan fingerprint density at radius 2 is 1.97 bits per heavy atom. The molecule has 1 saturated heterocycles. The molecule has 1 unspecified atom stereocenters. The highest BCUT2D eigenvalue weighted by atomic mass is 32.2. The number of imidazole rings is 1. The maximum Gasteiger partial charge on any atom is 0.264 e. The van der Waals surface area contributed by atoms with E-state index in [1.54, 1.807) is 16.8 Å². The van der Waals surface area contributed by atoms with Gasteiger partial charge in [0, 0.05) is 11.3 Å². The van der Waals surface area contributed by atoms with Gasteiger partial charge in [-0.15, -0.1) is 0 Å². The third kappa shape index (κ3) is 3.32. The lowest BCUT2D eigenvalue weighted by atomic mass is 10.2. The number of thioether (sulfide) groups is 1. The van der Waals surface area contributed by atoms with Gasteiger partial charge in [0.05, 0.1) is 35.2 Å². The van der Waals surface area contributed by atoms with Crippen molar-refractivity contribution in [1.29, 1.82) is 0 Å². The second-order valence-electron chi connectivity index (χ2n) is 7.64. The van der Waals surface area contributed by atoms with Gasteiger partial charge in [-0.2, -0.15) is 0 Å². The summed E-state index contributed by atoms with van der Waals surface area (Å²) in [6.07, 6.45) is 3.08. The molecule has 0 amide bonds. The summed E-state index contributed by atoms with van der Waals surface area (Å²) in [5, 5.41) is 3.53. The number of fused-ring (bicyclic) bond motifs is 1. The first-order chi connectivity index (χ1) is 13.9. The zero-order valence-electron chi connectivity index (χ0n) is 16.2. The highest BCUT2D eigenvalue weighted by Gasteiger charge is 2.50. The number of aryl methyl sites for hydroxylation is 1. The number of aromatic amines is 1. The first kappa shape index (κ1) is 18.6. The molecular weight excluding hydrogens is 390 g/mol. The SMILES string of the molecule is Cc1cccc2[nH]c([C@@H]3CC(F)(F)CN3N3[C]=C(c4ccccc4)SC3C)nc12. The van der Waals surface area contributed by atoms with Gasteiger partial charge < -0.3 is 4.98 Å². The first-order valence-electron chi connectivity index (χ1n) is 9.66. The minimum atomic E-state index is -2.78. The van der Waals surface area contributed by atoms with E-state index in [0.717, 1.165) is 27.1 Å². The largest absolute Gasteiger partial charge is 0.341 e. The van der Waals surface area contributed by atoms with E-state index in [1.165, 1.54) is 0 Å². The van der Waals surface area contributed by atoms with Gasteiger partial charge in [-0.05, 0) is 31.0 Å². The fourth-order valence-corrected chi connectivity index (χ4v) is 5.09. The highest BCUT2D eigenvalue weighted by molar-refractivity contribution is 8.09. The number of alkyl halides is 2. The van der Waals surface area contributed by atoms with Crippen LogP contribution in [0.25, 0.3) is 15.9 Å². The van der Waals surface area contributed by atoms with Crippen LogP contribution in [0.5, 0.6) is 0 Å². The maximum atomic E-state index is 14.5. The third-order valence-corrected chi connectivity index (χ3v) is 6.56. The molecule has 0 aliphatic carbocycles. The van der Waals surface area contributed by atoms with Crippen LogP contribution in [-0.2, 0) is 0 Å². The molecule has 5 rings (SSSR count). The molecule has 29 heavy (non-hydrogen) atoms. The molecule has 1 N–H and O–H groups in total. The number of nitrogens with zero attached hydrogens (tertiary/aromatic N) is 3. The quantitative estimate of drug-likeness (QED) is 0.629. The number of hydrogen-bond donors (Lipinski definition) is 1. The van der Waals surface area contributed by atoms with Crippen LogP contribution in [0.2, 0.25) is 0 Å². The summed E-state index contributed by atoms with van der Waals surface area (Å²) in [5.74, 6) is -2.20. The van der Waals surface area contributed by atoms with E-state index in [-0.39, 0.29) is 18.3 Å². The Balaban J connectivity index is 1.52. The lowest BCUT2D eigenvalue weighted by Crippen LogP contribution is -2.42. The van der Waals surface area contributed by atoms with Crippen molar-refractivity contribution in [2.24, 2.45) is 0 Å². The molecular formula is C22H21F2N4S. The Morgan fingerprint density at radius 3 is 2.72 bits per heavy atom. The normalized spacial score (nSPS) is 24.4. The zero-order chi connectivity index (χ0) is 20.2. The van der Waals surface area contributed by atoms with Crippen molar-refractivity contribution in [3.05, 3.63) is 71.7 Å². The standard InChI is InChI=1S/C22H21F2N4S/c1-14-7-6-10-17-20(14)26-21(25-17)18-11-22(23,24)13-28(18)27-12-19(29-15(27)2)16-8-4-3-5-9-16/h3-10,15,18H,11,13H2,1-2H3,(H,25,26)/t15?,18-/m0/s1. The van der Waals surface area contributed by atoms with Crippen LogP contribution in [0.15, 0.2) is 48.5 Å². The second-order valence-corrected chi connectivity index (χ2v) is 8.96. The summed E-state index contributed by atoms with van der Waals surface area (Å²) < 4.78 is 29.0. The number of benzene rings is 2. The monoisotopic (exact) mass is 411 g/mol. The Kier molecular flexibility index (Phi) is 4.40. The average molecular weight is 412 g/mol. The van der Waals surface area contributed by atoms with Crippen molar-refractivity contribution >= 4 is 27.7 Å². The smallest absolute Gasteiger partial charge is 0.264 e. The summed E-state index contributed by atoms with van der Waals surface area (Å²) in [6, 6.07) is 15.3. The summed E-state index contributed by atoms with van der Waals surface area (Å²) in [5.41, 5.74) is 3.80. The first-order valence-corrected chi connectivity index (χ1v) is 10.5. The van der Waals surface area contributed by atoms with Crippen LogP contribution < -0.4 is 0 Å². The lowest BCUT2D eigenvalue weighted by Gasteiger charge is -2.34. The average Bonchev–Trinajstić information content (AvgIpc) is 3.37. The molecule has 3 heterocycles. The third-order valence-electron chi connectivity index (χ3n) is 5.46. The van der Waals surface area contributed by atoms with Crippen molar-refractivity contribution in [1.82, 2.24) is 20.0 Å². The Hall–Kier alpha value is -2.38. The van der Waals surface area contributed by atoms with Gasteiger partial charge in [-0.1, -0.05) is 54.2 Å². The zero-order valence-corrected chi connectivity index (χ0v) is 17.0. The minimum absolute atomic E-state index is 0.0206. The Bertz CT molecular complexity index is 1080. The molecule has 1 fully saturated rings. The van der Waals surface area contributed by atoms with E-state index in [9.17, 15) is 8.78 Å². The molecule has 0 saturated carbocycles. The molecule has 149 valence electrons. The molecule has 2 atom stereocenters. The number of rotatable bonds is 3. The number of nitrogens with one attached hydrogen (secondary N) is 1. The topological polar surface area (TPSA) is 35.2 Å². The fourth-order valence-electron chi connectivity index (χ4n) is 4.05. The Morgan fingerprint density at radius 1 is 1.17 bits per heavy atom. The van der Waals surface area contributed by atoms with E-state index < -0.39 is 12.0 Å². The van der Waals surface area contributed by atoms with Crippen molar-refractivity contribution < 1.29 is 8.78 Å². The van der Waals surface area contributed by atoms with Gasteiger partial charge in [0.2, 0.25) is 0 Å². The minimum Gasteiger partial charge on any atom is -0.341 e. The van der Waals surface area contributed by atoms with Crippen LogP contribution in [0, 0.1) is 13.1 Å². The number of halogens is 2. The molecule has 2 aromatic carbocycles. The molecule has 2 aliphatic heterocycles. The molecule has 2 aliphatic rings. The van der Waals surface area contributed by atoms with E-state index in [0.29, 0.717) is 5.82 Å². The number of aromatic nitrogens is 2. The summed E-state index contributed by atoms with van der Waals surface area (Å²) >= 11 is 1.63. The van der Waals surface area contributed by atoms with E-state index in [4.69, 9.17) is 0 Å². The molecule has 1 aromatic heterocycles. The van der Waals surface area contributed by atoms with Crippen molar-refractivity contribution in [3.63, 3.8) is 0 Å². The van der Waals surface area contributed by atoms with Crippen LogP contribution in [0.3, 0.4) is 0 Å². The lowest BCUT2D eigenvalue weighted by molar-refractivity contribution is -0.0422. The molecule has 1 radical (unpaired) electrons. The molecule has 4 nitrogen and oxygen atoms in total. The number of H-pyrrole nitrogens is 1. The number of para-hydroxylation sites is 1. The predicted octanol–water partition coefficient (Wildman–Crippen LogP) is 5.37. The van der Waals surface area contributed by atoms with E-state index >= 15 is 0 Å². The Labute approximate surface area is 172 Å². The molecule has 3 aromatic rings. The van der Waals surface area contributed by atoms with E-state index in [1.807, 2.05) is 67.4 Å². The second kappa shape index (κ2) is 6.85. The van der Waals surface area contributed by atoms with E-state index in [2.05, 4.69) is 16.2 Å². The van der Waals surface area contributed by atoms with Gasteiger partial charge in [0.25, 0.3) is 5.92 Å². The summed E-state index contributed by atoms with van der Waals surface area (Å²) in [7, 11) is 0. The van der Waals surface area contributed by atoms with Gasteiger partial charge in [0.15, 0.2) is 0 Å². The number of hydrogen-bond acceptors (Lipinski definition) is 4. The molecule has 0 bridgehead atoms. The van der Waals surface area contributed by atoms with Gasteiger partial charge in [-0.3, -0.25) is 5.01 Å². The summed E-state index contributed by atoms with van der Waals surface area (Å²) in [6.45, 7) is 3.66. The van der Waals surface area contributed by atoms with Gasteiger partial charge in [0.1, 0.15) is 5.82 Å².